The van der Waals surface area contributed by atoms with Gasteiger partial charge in [-0.3, -0.25) is 0 Å². The van der Waals surface area contributed by atoms with Gasteiger partial charge in [0.15, 0.2) is 0 Å². The maximum Gasteiger partial charge on any atom is -0.00181 e. The largest absolute Gasteiger partial charge is 0.152 e. The Labute approximate surface area is 92.7 Å². The van der Waals surface area contributed by atoms with Crippen molar-refractivity contribution >= 4 is 16.9 Å². The second kappa shape index (κ2) is 7.81. The van der Waals surface area contributed by atoms with Crippen LogP contribution < -0.4 is 0 Å². The number of rotatable bonds is 2. The van der Waals surface area contributed by atoms with Crippen LogP contribution in [0.25, 0.3) is 5.57 Å². The van der Waals surface area contributed by atoms with Crippen molar-refractivity contribution in [2.75, 3.05) is 0 Å². The second-order valence-corrected chi connectivity index (χ2v) is 3.59. The zero-order valence-electron chi connectivity index (χ0n) is 9.84. The highest BCUT2D eigenvalue weighted by molar-refractivity contribution is 7.08. The molecule has 80 valence electrons. The number of hydrogen-bond donors (Lipinski definition) is 0. The minimum absolute atomic E-state index is 0.814. The third-order valence-electron chi connectivity index (χ3n) is 1.96. The van der Waals surface area contributed by atoms with Crippen LogP contribution in [0.3, 0.4) is 0 Å². The Bertz CT molecular complexity index is 230. The molecular formula is C13H22S. The van der Waals surface area contributed by atoms with E-state index in [2.05, 4.69) is 23.4 Å². The van der Waals surface area contributed by atoms with Crippen LogP contribution in [-0.4, -0.2) is 0 Å². The quantitative estimate of drug-likeness (QED) is 0.627. The van der Waals surface area contributed by atoms with Crippen molar-refractivity contribution in [1.82, 2.24) is 0 Å². The van der Waals surface area contributed by atoms with Gasteiger partial charge < -0.3 is 0 Å². The van der Waals surface area contributed by atoms with E-state index in [9.17, 15) is 0 Å². The highest BCUT2D eigenvalue weighted by Gasteiger charge is 2.25. The molecule has 1 saturated carbocycles. The van der Waals surface area contributed by atoms with Gasteiger partial charge in [-0.1, -0.05) is 34.3 Å². The molecule has 0 bridgehead atoms. The Morgan fingerprint density at radius 1 is 1.29 bits per heavy atom. The maximum atomic E-state index is 4.07. The van der Waals surface area contributed by atoms with Crippen LogP contribution in [0.1, 0.15) is 46.1 Å². The lowest BCUT2D eigenvalue weighted by Crippen LogP contribution is -1.78. The summed E-state index contributed by atoms with van der Waals surface area (Å²) in [4.78, 5) is 0. The molecule has 0 saturated heterocycles. The number of allylic oxidation sites excluding steroid dienone is 1. The highest BCUT2D eigenvalue weighted by atomic mass is 32.1. The lowest BCUT2D eigenvalue weighted by Gasteiger charge is -1.96. The molecule has 0 aromatic carbocycles. The van der Waals surface area contributed by atoms with E-state index >= 15 is 0 Å². The minimum atomic E-state index is 0.814. The van der Waals surface area contributed by atoms with Gasteiger partial charge in [0.05, 0.1) is 0 Å². The summed E-state index contributed by atoms with van der Waals surface area (Å²) in [5.74, 6) is 0.814. The monoisotopic (exact) mass is 210 g/mol. The van der Waals surface area contributed by atoms with Crippen molar-refractivity contribution in [2.45, 2.75) is 40.5 Å². The molecule has 2 rings (SSSR count). The zero-order chi connectivity index (χ0) is 11.0. The van der Waals surface area contributed by atoms with E-state index in [1.165, 1.54) is 24.0 Å². The maximum absolute atomic E-state index is 4.07. The van der Waals surface area contributed by atoms with Crippen LogP contribution in [0.15, 0.2) is 23.4 Å². The average Bonchev–Trinajstić information content (AvgIpc) is 2.98. The van der Waals surface area contributed by atoms with E-state index in [1.54, 1.807) is 11.3 Å². The first-order chi connectivity index (χ1) is 6.88. The fourth-order valence-corrected chi connectivity index (χ4v) is 1.79. The first kappa shape index (κ1) is 13.4. The normalized spacial score (nSPS) is 13.1. The molecule has 0 spiro atoms. The molecule has 14 heavy (non-hydrogen) atoms. The summed E-state index contributed by atoms with van der Waals surface area (Å²) in [5.41, 5.74) is 2.70. The van der Waals surface area contributed by atoms with Gasteiger partial charge in [-0.25, -0.2) is 0 Å². The fourth-order valence-electron chi connectivity index (χ4n) is 1.11. The molecule has 0 aliphatic heterocycles. The third kappa shape index (κ3) is 4.10. The van der Waals surface area contributed by atoms with Crippen molar-refractivity contribution in [1.29, 1.82) is 0 Å². The highest BCUT2D eigenvalue weighted by Crippen LogP contribution is 2.41. The first-order valence-corrected chi connectivity index (χ1v) is 6.53. The lowest BCUT2D eigenvalue weighted by atomic mass is 10.1. The van der Waals surface area contributed by atoms with Crippen molar-refractivity contribution in [3.05, 3.63) is 29.0 Å². The van der Waals surface area contributed by atoms with Gasteiger partial charge in [0.2, 0.25) is 0 Å². The summed E-state index contributed by atoms with van der Waals surface area (Å²) in [5, 5.41) is 4.30. The lowest BCUT2D eigenvalue weighted by molar-refractivity contribution is 1.16. The van der Waals surface area contributed by atoms with Gasteiger partial charge in [-0.05, 0) is 46.7 Å². The van der Waals surface area contributed by atoms with Gasteiger partial charge in [0.25, 0.3) is 0 Å². The van der Waals surface area contributed by atoms with Gasteiger partial charge in [-0.2, -0.15) is 11.3 Å². The molecule has 0 atom stereocenters. The van der Waals surface area contributed by atoms with Crippen LogP contribution in [0.4, 0.5) is 0 Å². The topological polar surface area (TPSA) is 0 Å². The predicted molar refractivity (Wildman–Crippen MR) is 68.8 cm³/mol. The van der Waals surface area contributed by atoms with E-state index in [4.69, 9.17) is 0 Å². The van der Waals surface area contributed by atoms with Crippen molar-refractivity contribution in [2.24, 2.45) is 5.92 Å². The van der Waals surface area contributed by atoms with Gasteiger partial charge in [0.1, 0.15) is 0 Å². The van der Waals surface area contributed by atoms with Crippen LogP contribution in [0, 0.1) is 5.92 Å². The van der Waals surface area contributed by atoms with Gasteiger partial charge >= 0.3 is 0 Å². The molecular weight excluding hydrogens is 188 g/mol. The van der Waals surface area contributed by atoms with E-state index in [0.29, 0.717) is 0 Å². The van der Waals surface area contributed by atoms with Crippen molar-refractivity contribution in [3.63, 3.8) is 0 Å². The van der Waals surface area contributed by atoms with Gasteiger partial charge in [-0.15, -0.1) is 0 Å². The summed E-state index contributed by atoms with van der Waals surface area (Å²) in [6.07, 6.45) is 2.71. The van der Waals surface area contributed by atoms with Crippen molar-refractivity contribution < 1.29 is 0 Å². The SMILES string of the molecule is C=C(c1ccsc1)C1CC1.CC.CC. The Hall–Kier alpha value is -0.560. The smallest absolute Gasteiger partial charge is 0.00181 e. The minimum Gasteiger partial charge on any atom is -0.152 e. The molecule has 0 amide bonds. The fraction of sp³-hybridized carbons (Fsp3) is 0.538. The third-order valence-corrected chi connectivity index (χ3v) is 2.65. The predicted octanol–water partition coefficient (Wildman–Crippen LogP) is 5.22. The van der Waals surface area contributed by atoms with Crippen LogP contribution in [0.2, 0.25) is 0 Å². The Balaban J connectivity index is 0.000000379. The van der Waals surface area contributed by atoms with E-state index < -0.39 is 0 Å². The molecule has 1 aliphatic carbocycles. The molecule has 0 unspecified atom stereocenters. The molecule has 1 aliphatic rings. The van der Waals surface area contributed by atoms with Crippen LogP contribution >= 0.6 is 11.3 Å². The summed E-state index contributed by atoms with van der Waals surface area (Å²) in [7, 11) is 0. The van der Waals surface area contributed by atoms with E-state index in [0.717, 1.165) is 5.92 Å². The molecule has 1 heterocycles. The Kier molecular flexibility index (Phi) is 7.50. The number of hydrogen-bond acceptors (Lipinski definition) is 1. The molecule has 0 N–H and O–H groups in total. The first-order valence-electron chi connectivity index (χ1n) is 5.59. The van der Waals surface area contributed by atoms with Crippen LogP contribution in [-0.2, 0) is 0 Å². The molecule has 1 heteroatoms. The second-order valence-electron chi connectivity index (χ2n) is 2.81. The Morgan fingerprint density at radius 3 is 2.21 bits per heavy atom. The molecule has 0 nitrogen and oxygen atoms in total. The molecule has 0 radical (unpaired) electrons. The molecule has 1 aromatic heterocycles. The van der Waals surface area contributed by atoms with Crippen molar-refractivity contribution in [3.8, 4) is 0 Å². The average molecular weight is 210 g/mol. The molecule has 1 fully saturated rings. The Morgan fingerprint density at radius 2 is 1.86 bits per heavy atom. The summed E-state index contributed by atoms with van der Waals surface area (Å²) in [6.45, 7) is 12.1. The number of thiophene rings is 1. The standard InChI is InChI=1S/C9H10S.2C2H6/c1-7(8-2-3-8)9-4-5-10-6-9;2*1-2/h4-6,8H,1-3H2;2*1-2H3. The summed E-state index contributed by atoms with van der Waals surface area (Å²) in [6, 6.07) is 2.16. The van der Waals surface area contributed by atoms with Crippen LogP contribution in [0.5, 0.6) is 0 Å². The molecule has 1 aromatic rings. The summed E-state index contributed by atoms with van der Waals surface area (Å²) >= 11 is 1.75. The van der Waals surface area contributed by atoms with E-state index in [1.807, 2.05) is 27.7 Å². The zero-order valence-corrected chi connectivity index (χ0v) is 10.7. The summed E-state index contributed by atoms with van der Waals surface area (Å²) < 4.78 is 0. The van der Waals surface area contributed by atoms with E-state index in [-0.39, 0.29) is 0 Å². The van der Waals surface area contributed by atoms with Gasteiger partial charge in [0, 0.05) is 0 Å².